The van der Waals surface area contributed by atoms with E-state index in [0.717, 1.165) is 76.3 Å². The number of likely N-dealkylation sites (tertiary alicyclic amines) is 1. The van der Waals surface area contributed by atoms with Gasteiger partial charge in [-0.2, -0.15) is 0 Å². The van der Waals surface area contributed by atoms with Gasteiger partial charge in [0.25, 0.3) is 0 Å². The second kappa shape index (κ2) is 11.0. The van der Waals surface area contributed by atoms with Gasteiger partial charge in [0.2, 0.25) is 0 Å². The Labute approximate surface area is 209 Å². The largest absolute Gasteiger partial charge is 0.489 e. The van der Waals surface area contributed by atoms with E-state index in [-0.39, 0.29) is 12.8 Å². The molecule has 1 atom stereocenters. The van der Waals surface area contributed by atoms with Gasteiger partial charge in [-0.25, -0.2) is 0 Å². The van der Waals surface area contributed by atoms with Crippen LogP contribution in [0.3, 0.4) is 0 Å². The summed E-state index contributed by atoms with van der Waals surface area (Å²) < 4.78 is 18.8. The maximum atomic E-state index is 12.5. The summed E-state index contributed by atoms with van der Waals surface area (Å²) in [6.07, 6.45) is 8.61. The van der Waals surface area contributed by atoms with E-state index in [1.165, 1.54) is 33.4 Å². The minimum Gasteiger partial charge on any atom is -0.489 e. The number of nitrogens with zero attached hydrogens (tertiary/aromatic N) is 2. The van der Waals surface area contributed by atoms with Crippen molar-refractivity contribution in [1.82, 2.24) is 9.80 Å². The van der Waals surface area contributed by atoms with E-state index in [9.17, 15) is 4.39 Å². The molecule has 0 radical (unpaired) electrons. The molecular formula is C30H38FN3O. The van der Waals surface area contributed by atoms with Crippen LogP contribution in [0.1, 0.15) is 48.8 Å². The molecule has 1 fully saturated rings. The summed E-state index contributed by atoms with van der Waals surface area (Å²) >= 11 is 0. The summed E-state index contributed by atoms with van der Waals surface area (Å²) in [5, 5.41) is 0. The van der Waals surface area contributed by atoms with Crippen LogP contribution in [-0.4, -0.2) is 62.3 Å². The second-order valence-corrected chi connectivity index (χ2v) is 10.3. The Hall–Kier alpha value is -2.63. The molecule has 1 aliphatic carbocycles. The molecule has 0 spiro atoms. The van der Waals surface area contributed by atoms with Crippen LogP contribution in [0.4, 0.5) is 10.1 Å². The molecule has 2 aromatic rings. The number of allylic oxidation sites excluding steroid dienone is 1. The summed E-state index contributed by atoms with van der Waals surface area (Å²) in [6.45, 7) is 4.56. The smallest absolute Gasteiger partial charge is 0.119 e. The number of fused-ring (bicyclic) bond motifs is 1. The molecule has 0 saturated carbocycles. The fourth-order valence-corrected chi connectivity index (χ4v) is 5.78. The highest BCUT2D eigenvalue weighted by Crippen LogP contribution is 2.40. The molecule has 2 aromatic carbocycles. The molecule has 0 aromatic heterocycles. The van der Waals surface area contributed by atoms with Crippen LogP contribution in [0.25, 0.3) is 5.57 Å². The first-order chi connectivity index (χ1) is 17.1. The lowest BCUT2D eigenvalue weighted by Crippen LogP contribution is -2.26. The number of hydrogen-bond donors (Lipinski definition) is 1. The first kappa shape index (κ1) is 24.1. The molecule has 35 heavy (non-hydrogen) atoms. The summed E-state index contributed by atoms with van der Waals surface area (Å²) in [4.78, 5) is 4.68. The van der Waals surface area contributed by atoms with Crippen molar-refractivity contribution in [2.45, 2.75) is 44.6 Å². The van der Waals surface area contributed by atoms with Crippen LogP contribution in [0.15, 0.2) is 59.7 Å². The van der Waals surface area contributed by atoms with Crippen molar-refractivity contribution in [3.05, 3.63) is 76.4 Å². The van der Waals surface area contributed by atoms with Gasteiger partial charge in [-0.15, -0.1) is 0 Å². The predicted octanol–water partition coefficient (Wildman–Crippen LogP) is 5.48. The van der Waals surface area contributed by atoms with Gasteiger partial charge < -0.3 is 15.4 Å². The third-order valence-corrected chi connectivity index (χ3v) is 7.66. The molecular weight excluding hydrogens is 437 g/mol. The van der Waals surface area contributed by atoms with Gasteiger partial charge in [-0.1, -0.05) is 24.3 Å². The molecule has 2 heterocycles. The zero-order valence-electron chi connectivity index (χ0n) is 20.9. The van der Waals surface area contributed by atoms with Crippen molar-refractivity contribution in [3.63, 3.8) is 0 Å². The number of likely N-dealkylation sites (N-methyl/N-ethyl adjacent to an activating group) is 1. The molecule has 5 rings (SSSR count). The Morgan fingerprint density at radius 3 is 2.69 bits per heavy atom. The molecule has 186 valence electrons. The number of halogens is 1. The monoisotopic (exact) mass is 475 g/mol. The van der Waals surface area contributed by atoms with E-state index in [4.69, 9.17) is 10.5 Å². The summed E-state index contributed by atoms with van der Waals surface area (Å²) in [7, 11) is 2.19. The highest BCUT2D eigenvalue weighted by atomic mass is 19.1. The van der Waals surface area contributed by atoms with Gasteiger partial charge in [-0.3, -0.25) is 9.29 Å². The molecule has 2 aliphatic heterocycles. The molecule has 1 saturated heterocycles. The first-order valence-corrected chi connectivity index (χ1v) is 13.2. The number of nitrogens with two attached hydrogens (primary N) is 1. The Morgan fingerprint density at radius 1 is 1.06 bits per heavy atom. The highest BCUT2D eigenvalue weighted by molar-refractivity contribution is 5.87. The first-order valence-electron chi connectivity index (χ1n) is 13.2. The average molecular weight is 476 g/mol. The molecule has 2 N–H and O–H groups in total. The van der Waals surface area contributed by atoms with E-state index < -0.39 is 0 Å². The van der Waals surface area contributed by atoms with Gasteiger partial charge in [-0.05, 0) is 103 Å². The van der Waals surface area contributed by atoms with Gasteiger partial charge in [0.15, 0.2) is 0 Å². The number of alkyl halides is 1. The van der Waals surface area contributed by atoms with Gasteiger partial charge >= 0.3 is 0 Å². The third kappa shape index (κ3) is 5.62. The van der Waals surface area contributed by atoms with E-state index >= 15 is 0 Å². The van der Waals surface area contributed by atoms with Crippen molar-refractivity contribution in [3.8, 4) is 5.75 Å². The van der Waals surface area contributed by atoms with Crippen LogP contribution in [0, 0.1) is 0 Å². The van der Waals surface area contributed by atoms with Gasteiger partial charge in [0, 0.05) is 38.4 Å². The third-order valence-electron chi connectivity index (χ3n) is 7.66. The van der Waals surface area contributed by atoms with Gasteiger partial charge in [0.1, 0.15) is 11.9 Å². The van der Waals surface area contributed by atoms with Gasteiger partial charge in [0.05, 0.1) is 6.67 Å². The predicted molar refractivity (Wildman–Crippen MR) is 143 cm³/mol. The number of nitrogen functional groups attached to an aromatic ring is 1. The number of benzene rings is 2. The van der Waals surface area contributed by atoms with Crippen molar-refractivity contribution in [2.75, 3.05) is 52.2 Å². The Bertz CT molecular complexity index is 1090. The van der Waals surface area contributed by atoms with Crippen molar-refractivity contribution < 1.29 is 9.13 Å². The number of ether oxygens (including phenoxy) is 1. The minimum atomic E-state index is -0.245. The van der Waals surface area contributed by atoms with Crippen LogP contribution < -0.4 is 10.5 Å². The molecule has 0 amide bonds. The van der Waals surface area contributed by atoms with Crippen molar-refractivity contribution >= 4 is 11.3 Å². The lowest BCUT2D eigenvalue weighted by Gasteiger charge is -2.25. The van der Waals surface area contributed by atoms with E-state index in [0.29, 0.717) is 6.42 Å². The fraction of sp³-hybridized carbons (Fsp3) is 0.467. The van der Waals surface area contributed by atoms with Crippen molar-refractivity contribution in [2.24, 2.45) is 0 Å². The minimum absolute atomic E-state index is 0.182. The number of hydrogen-bond acceptors (Lipinski definition) is 4. The van der Waals surface area contributed by atoms with Crippen LogP contribution in [0.5, 0.6) is 5.75 Å². The normalized spacial score (nSPS) is 21.5. The Kier molecular flexibility index (Phi) is 7.54. The van der Waals surface area contributed by atoms with E-state index in [1.54, 1.807) is 0 Å². The Balaban J connectivity index is 1.43. The molecule has 1 unspecified atom stereocenters. The summed E-state index contributed by atoms with van der Waals surface area (Å²) in [5.74, 6) is 0.915. The summed E-state index contributed by atoms with van der Waals surface area (Å²) in [6, 6.07) is 15.1. The average Bonchev–Trinajstić information content (AvgIpc) is 3.22. The van der Waals surface area contributed by atoms with Crippen LogP contribution in [0.2, 0.25) is 0 Å². The molecule has 5 heteroatoms. The number of aryl methyl sites for hydroxylation is 1. The fourth-order valence-electron chi connectivity index (χ4n) is 5.78. The number of anilines is 1. The SMILES string of the molecule is CN1CC=C(C2=C(c3ccc(OC4CCN(CCCF)C4)cc3)c3ccc(N)cc3CCC2)CC1. The van der Waals surface area contributed by atoms with E-state index in [1.807, 2.05) is 6.07 Å². The van der Waals surface area contributed by atoms with Crippen LogP contribution >= 0.6 is 0 Å². The zero-order chi connectivity index (χ0) is 24.2. The lowest BCUT2D eigenvalue weighted by molar-refractivity contribution is 0.198. The molecule has 0 bridgehead atoms. The standard InChI is InChI=1S/C30H38FN3O/c1-33-17-12-22(13-18-33)28-5-2-4-24-20-25(32)8-11-29(24)30(28)23-6-9-26(10-7-23)35-27-14-19-34(21-27)16-3-15-31/h6-12,20,27H,2-5,13-19,21,32H2,1H3. The van der Waals surface area contributed by atoms with Crippen LogP contribution in [-0.2, 0) is 6.42 Å². The Morgan fingerprint density at radius 2 is 1.91 bits per heavy atom. The number of rotatable bonds is 7. The maximum Gasteiger partial charge on any atom is 0.119 e. The summed E-state index contributed by atoms with van der Waals surface area (Å²) in [5.41, 5.74) is 15.3. The second-order valence-electron chi connectivity index (χ2n) is 10.3. The highest BCUT2D eigenvalue weighted by Gasteiger charge is 2.25. The molecule has 4 nitrogen and oxygen atoms in total. The quantitative estimate of drug-likeness (QED) is 0.539. The molecule has 3 aliphatic rings. The van der Waals surface area contributed by atoms with E-state index in [2.05, 4.69) is 59.3 Å². The lowest BCUT2D eigenvalue weighted by atomic mass is 9.86. The van der Waals surface area contributed by atoms with Crippen molar-refractivity contribution in [1.29, 1.82) is 0 Å². The maximum absolute atomic E-state index is 12.5. The topological polar surface area (TPSA) is 41.7 Å². The zero-order valence-corrected chi connectivity index (χ0v) is 20.9.